The first-order chi connectivity index (χ1) is 12.5. The summed E-state index contributed by atoms with van der Waals surface area (Å²) in [5.74, 6) is 0.149. The van der Waals surface area contributed by atoms with E-state index < -0.39 is 0 Å². The molecule has 0 spiro atoms. The first-order valence-corrected chi connectivity index (χ1v) is 8.14. The Balaban J connectivity index is 1.71. The second-order valence-electron chi connectivity index (χ2n) is 6.12. The van der Waals surface area contributed by atoms with Crippen LogP contribution in [0, 0.1) is 0 Å². The van der Waals surface area contributed by atoms with E-state index in [1.807, 2.05) is 37.3 Å². The van der Waals surface area contributed by atoms with Crippen molar-refractivity contribution in [2.45, 2.75) is 13.0 Å². The van der Waals surface area contributed by atoms with Crippen LogP contribution in [0.3, 0.4) is 0 Å². The summed E-state index contributed by atoms with van der Waals surface area (Å²) < 4.78 is 0. The highest BCUT2D eigenvalue weighted by Gasteiger charge is 2.17. The predicted octanol–water partition coefficient (Wildman–Crippen LogP) is 2.54. The molecule has 3 rings (SSSR count). The summed E-state index contributed by atoms with van der Waals surface area (Å²) in [5, 5.41) is 13.0. The zero-order valence-corrected chi connectivity index (χ0v) is 14.8. The molecule has 0 radical (unpaired) electrons. The molecule has 134 valence electrons. The van der Waals surface area contributed by atoms with E-state index in [9.17, 15) is 9.59 Å². The highest BCUT2D eigenvalue weighted by atomic mass is 16.2. The van der Waals surface area contributed by atoms with Crippen molar-refractivity contribution >= 4 is 28.7 Å². The monoisotopic (exact) mass is 352 g/mol. The summed E-state index contributed by atoms with van der Waals surface area (Å²) in [4.78, 5) is 29.9. The molecule has 26 heavy (non-hydrogen) atoms. The molecule has 3 amide bonds. The lowest BCUT2D eigenvalue weighted by atomic mass is 10.1. The van der Waals surface area contributed by atoms with Crippen LogP contribution in [-0.2, 0) is 0 Å². The lowest BCUT2D eigenvalue weighted by Gasteiger charge is -2.14. The molecule has 3 N–H and O–H groups in total. The van der Waals surface area contributed by atoms with Crippen LogP contribution in [0.1, 0.15) is 29.0 Å². The van der Waals surface area contributed by atoms with Crippen LogP contribution in [0.15, 0.2) is 42.6 Å². The van der Waals surface area contributed by atoms with Gasteiger partial charge in [0.1, 0.15) is 5.82 Å². The fourth-order valence-electron chi connectivity index (χ4n) is 2.53. The number of nitrogens with one attached hydrogen (secondary N) is 3. The average molecular weight is 352 g/mol. The summed E-state index contributed by atoms with van der Waals surface area (Å²) in [6, 6.07) is 10.8. The second-order valence-corrected chi connectivity index (χ2v) is 6.12. The quantitative estimate of drug-likeness (QED) is 0.671. The Bertz CT molecular complexity index is 935. The van der Waals surface area contributed by atoms with Crippen LogP contribution < -0.4 is 10.6 Å². The molecule has 0 aliphatic rings. The van der Waals surface area contributed by atoms with E-state index in [0.29, 0.717) is 22.4 Å². The highest BCUT2D eigenvalue weighted by molar-refractivity contribution is 6.04. The molecule has 8 heteroatoms. The van der Waals surface area contributed by atoms with Gasteiger partial charge >= 0.3 is 6.03 Å². The van der Waals surface area contributed by atoms with Gasteiger partial charge in [0.2, 0.25) is 0 Å². The van der Waals surface area contributed by atoms with E-state index in [-0.39, 0.29) is 18.0 Å². The normalized spacial score (nSPS) is 11.8. The molecule has 0 bridgehead atoms. The first-order valence-electron chi connectivity index (χ1n) is 8.14. The van der Waals surface area contributed by atoms with Crippen LogP contribution in [0.25, 0.3) is 10.9 Å². The summed E-state index contributed by atoms with van der Waals surface area (Å²) >= 11 is 0. The third-order valence-corrected chi connectivity index (χ3v) is 3.94. The lowest BCUT2D eigenvalue weighted by Crippen LogP contribution is -2.31. The third kappa shape index (κ3) is 3.64. The number of benzene rings is 1. The standard InChI is InChI=1S/C18H20N6O2/c1-11(12-7-5-4-6-8-12)20-18(26)21-15-9-14-13(10-19-15)16(23-22-14)17(25)24(2)3/h4-11H,1-3H3,(H,22,23)(H2,19,20,21,26)/t11-/m1/s1. The number of H-pyrrole nitrogens is 1. The van der Waals surface area contributed by atoms with Crippen LogP contribution in [-0.4, -0.2) is 46.1 Å². The smallest absolute Gasteiger partial charge is 0.320 e. The van der Waals surface area contributed by atoms with Gasteiger partial charge in [0, 0.05) is 26.4 Å². The minimum Gasteiger partial charge on any atom is -0.343 e. The number of nitrogens with zero attached hydrogens (tertiary/aromatic N) is 3. The van der Waals surface area contributed by atoms with Crippen molar-refractivity contribution in [3.8, 4) is 0 Å². The van der Waals surface area contributed by atoms with Gasteiger partial charge in [-0.25, -0.2) is 9.78 Å². The molecule has 8 nitrogen and oxygen atoms in total. The average Bonchev–Trinajstić information content (AvgIpc) is 3.04. The molecular weight excluding hydrogens is 332 g/mol. The number of aromatic amines is 1. The second kappa shape index (κ2) is 7.22. The van der Waals surface area contributed by atoms with Crippen molar-refractivity contribution in [2.75, 3.05) is 19.4 Å². The number of carbonyl (C=O) groups excluding carboxylic acids is 2. The molecule has 0 unspecified atom stereocenters. The molecule has 0 aliphatic heterocycles. The predicted molar refractivity (Wildman–Crippen MR) is 98.9 cm³/mol. The van der Waals surface area contributed by atoms with Crippen molar-refractivity contribution in [3.05, 3.63) is 53.9 Å². The van der Waals surface area contributed by atoms with Gasteiger partial charge in [-0.15, -0.1) is 0 Å². The molecule has 1 atom stereocenters. The highest BCUT2D eigenvalue weighted by Crippen LogP contribution is 2.19. The van der Waals surface area contributed by atoms with Crippen LogP contribution in [0.2, 0.25) is 0 Å². The Hall–Kier alpha value is -3.42. The molecule has 1 aromatic carbocycles. The van der Waals surface area contributed by atoms with E-state index in [0.717, 1.165) is 5.56 Å². The maximum absolute atomic E-state index is 12.2. The number of anilines is 1. The minimum absolute atomic E-state index is 0.142. The molecule has 0 fully saturated rings. The Morgan fingerprint density at radius 3 is 2.62 bits per heavy atom. The number of carbonyl (C=O) groups is 2. The van der Waals surface area contributed by atoms with Crippen LogP contribution >= 0.6 is 0 Å². The van der Waals surface area contributed by atoms with E-state index in [4.69, 9.17) is 0 Å². The fraction of sp³-hybridized carbons (Fsp3) is 0.222. The maximum atomic E-state index is 12.2. The van der Waals surface area contributed by atoms with Gasteiger partial charge in [0.15, 0.2) is 5.69 Å². The largest absolute Gasteiger partial charge is 0.343 e. The van der Waals surface area contributed by atoms with Crippen LogP contribution in [0.5, 0.6) is 0 Å². The Labute approximate surface area is 150 Å². The van der Waals surface area contributed by atoms with E-state index >= 15 is 0 Å². The van der Waals surface area contributed by atoms with Crippen molar-refractivity contribution in [2.24, 2.45) is 0 Å². The number of rotatable bonds is 4. The minimum atomic E-state index is -0.364. The third-order valence-electron chi connectivity index (χ3n) is 3.94. The maximum Gasteiger partial charge on any atom is 0.320 e. The molecule has 2 aromatic heterocycles. The molecule has 2 heterocycles. The Kier molecular flexibility index (Phi) is 4.83. The number of fused-ring (bicyclic) bond motifs is 1. The summed E-state index contributed by atoms with van der Waals surface area (Å²) in [7, 11) is 3.31. The van der Waals surface area contributed by atoms with Gasteiger partial charge in [-0.2, -0.15) is 5.10 Å². The van der Waals surface area contributed by atoms with Gasteiger partial charge in [0.05, 0.1) is 16.9 Å². The Morgan fingerprint density at radius 1 is 1.19 bits per heavy atom. The van der Waals surface area contributed by atoms with E-state index in [2.05, 4.69) is 25.8 Å². The SMILES string of the molecule is C[C@@H](NC(=O)Nc1cc2[nH]nc(C(=O)N(C)C)c2cn1)c1ccccc1. The van der Waals surface area contributed by atoms with Crippen molar-refractivity contribution in [1.29, 1.82) is 0 Å². The summed E-state index contributed by atoms with van der Waals surface area (Å²) in [5.41, 5.74) is 1.93. The Morgan fingerprint density at radius 2 is 1.92 bits per heavy atom. The van der Waals surface area contributed by atoms with Crippen molar-refractivity contribution in [3.63, 3.8) is 0 Å². The number of pyridine rings is 1. The molecular formula is C18H20N6O2. The lowest BCUT2D eigenvalue weighted by molar-refractivity contribution is 0.0823. The molecule has 0 saturated carbocycles. The number of urea groups is 1. The molecule has 3 aromatic rings. The van der Waals surface area contributed by atoms with E-state index in [1.54, 1.807) is 20.2 Å². The number of aromatic nitrogens is 3. The van der Waals surface area contributed by atoms with Gasteiger partial charge in [-0.3, -0.25) is 15.2 Å². The van der Waals surface area contributed by atoms with Gasteiger partial charge in [0.25, 0.3) is 5.91 Å². The topological polar surface area (TPSA) is 103 Å². The van der Waals surface area contributed by atoms with Crippen molar-refractivity contribution in [1.82, 2.24) is 25.4 Å². The first kappa shape index (κ1) is 17.4. The summed E-state index contributed by atoms with van der Waals surface area (Å²) in [6.07, 6.45) is 1.52. The zero-order valence-electron chi connectivity index (χ0n) is 14.8. The number of hydrogen-bond acceptors (Lipinski definition) is 4. The fourth-order valence-corrected chi connectivity index (χ4v) is 2.53. The van der Waals surface area contributed by atoms with Crippen LogP contribution in [0.4, 0.5) is 10.6 Å². The zero-order chi connectivity index (χ0) is 18.7. The van der Waals surface area contributed by atoms with E-state index in [1.165, 1.54) is 11.1 Å². The van der Waals surface area contributed by atoms with Gasteiger partial charge < -0.3 is 10.2 Å². The van der Waals surface area contributed by atoms with Crippen molar-refractivity contribution < 1.29 is 9.59 Å². The molecule has 0 saturated heterocycles. The summed E-state index contributed by atoms with van der Waals surface area (Å²) in [6.45, 7) is 1.90. The number of amides is 3. The van der Waals surface area contributed by atoms with Gasteiger partial charge in [-0.05, 0) is 12.5 Å². The molecule has 0 aliphatic carbocycles. The number of hydrogen-bond donors (Lipinski definition) is 3. The van der Waals surface area contributed by atoms with Gasteiger partial charge in [-0.1, -0.05) is 30.3 Å².